The van der Waals surface area contributed by atoms with Gasteiger partial charge < -0.3 is 14.6 Å². The Labute approximate surface area is 180 Å². The van der Waals surface area contributed by atoms with Crippen molar-refractivity contribution in [2.75, 3.05) is 11.5 Å². The molecule has 31 heavy (non-hydrogen) atoms. The number of rotatable bonds is 6. The lowest BCUT2D eigenvalue weighted by molar-refractivity contribution is 0.0984. The van der Waals surface area contributed by atoms with Crippen LogP contribution in [0.25, 0.3) is 10.9 Å². The molecule has 0 radical (unpaired) electrons. The zero-order chi connectivity index (χ0) is 21.8. The minimum atomic E-state index is -0.228. The molecular formula is C25H23N3O3. The van der Waals surface area contributed by atoms with E-state index < -0.39 is 0 Å². The number of amides is 1. The number of aromatic amines is 1. The number of hydrogen-bond acceptors (Lipinski definition) is 4. The van der Waals surface area contributed by atoms with E-state index in [1.807, 2.05) is 62.4 Å². The minimum absolute atomic E-state index is 0.126. The predicted octanol–water partition coefficient (Wildman–Crippen LogP) is 4.48. The summed E-state index contributed by atoms with van der Waals surface area (Å²) >= 11 is 0. The first kappa shape index (κ1) is 20.3. The van der Waals surface area contributed by atoms with E-state index >= 15 is 0 Å². The van der Waals surface area contributed by atoms with Crippen LogP contribution >= 0.6 is 0 Å². The molecule has 1 amide bonds. The van der Waals surface area contributed by atoms with E-state index in [1.54, 1.807) is 23.2 Å². The van der Waals surface area contributed by atoms with Crippen LogP contribution < -0.4 is 15.2 Å². The summed E-state index contributed by atoms with van der Waals surface area (Å²) in [7, 11) is 0. The van der Waals surface area contributed by atoms with Gasteiger partial charge in [0.25, 0.3) is 11.5 Å². The van der Waals surface area contributed by atoms with Crippen molar-refractivity contribution in [3.8, 4) is 5.75 Å². The summed E-state index contributed by atoms with van der Waals surface area (Å²) < 4.78 is 5.58. The second kappa shape index (κ2) is 8.83. The molecule has 4 aromatic rings. The van der Waals surface area contributed by atoms with Crippen LogP contribution in [-0.2, 0) is 6.54 Å². The van der Waals surface area contributed by atoms with Gasteiger partial charge in [-0.25, -0.2) is 0 Å². The van der Waals surface area contributed by atoms with Gasteiger partial charge in [0, 0.05) is 34.5 Å². The van der Waals surface area contributed by atoms with Gasteiger partial charge in [0.2, 0.25) is 0 Å². The van der Waals surface area contributed by atoms with E-state index in [1.165, 1.54) is 6.20 Å². The summed E-state index contributed by atoms with van der Waals surface area (Å²) in [6.07, 6.45) is 3.15. The molecule has 156 valence electrons. The smallest absolute Gasteiger partial charge is 0.260 e. The van der Waals surface area contributed by atoms with Crippen LogP contribution in [0.2, 0.25) is 0 Å². The average molecular weight is 413 g/mol. The highest BCUT2D eigenvalue weighted by Crippen LogP contribution is 2.23. The molecule has 0 fully saturated rings. The van der Waals surface area contributed by atoms with Crippen molar-refractivity contribution in [3.05, 3.63) is 100 Å². The summed E-state index contributed by atoms with van der Waals surface area (Å²) in [5.74, 6) is 0.510. The zero-order valence-corrected chi connectivity index (χ0v) is 17.5. The SMILES string of the molecule is CCOc1ccc2[nH]c(=O)c(CN(C(=O)c3cccnc3)c3cccc(C)c3)cc2c1. The van der Waals surface area contributed by atoms with Crippen LogP contribution in [0.15, 0.2) is 77.9 Å². The standard InChI is InChI=1S/C25H23N3O3/c1-3-31-22-9-10-23-19(14-22)13-20(24(29)27-23)16-28(21-8-4-6-17(2)12-21)25(30)18-7-5-11-26-15-18/h4-15H,3,16H2,1-2H3,(H,27,29). The van der Waals surface area contributed by atoms with Crippen LogP contribution in [0, 0.1) is 6.92 Å². The van der Waals surface area contributed by atoms with Gasteiger partial charge >= 0.3 is 0 Å². The third kappa shape index (κ3) is 4.48. The molecule has 4 rings (SSSR count). The van der Waals surface area contributed by atoms with Gasteiger partial charge in [0.15, 0.2) is 0 Å². The van der Waals surface area contributed by atoms with E-state index in [4.69, 9.17) is 4.74 Å². The van der Waals surface area contributed by atoms with Gasteiger partial charge in [-0.05, 0) is 67.9 Å². The summed E-state index contributed by atoms with van der Waals surface area (Å²) in [5, 5.41) is 0.846. The van der Waals surface area contributed by atoms with Gasteiger partial charge in [-0.15, -0.1) is 0 Å². The highest BCUT2D eigenvalue weighted by molar-refractivity contribution is 6.05. The number of H-pyrrole nitrogens is 1. The van der Waals surface area contributed by atoms with E-state index in [2.05, 4.69) is 9.97 Å². The molecule has 0 spiro atoms. The topological polar surface area (TPSA) is 75.3 Å². The molecule has 0 unspecified atom stereocenters. The van der Waals surface area contributed by atoms with Crippen molar-refractivity contribution in [1.82, 2.24) is 9.97 Å². The molecule has 0 aliphatic heterocycles. The first-order valence-electron chi connectivity index (χ1n) is 10.1. The molecule has 2 heterocycles. The Morgan fingerprint density at radius 2 is 1.97 bits per heavy atom. The molecule has 0 saturated carbocycles. The summed E-state index contributed by atoms with van der Waals surface area (Å²) in [4.78, 5) is 34.7. The maximum Gasteiger partial charge on any atom is 0.260 e. The highest BCUT2D eigenvalue weighted by atomic mass is 16.5. The molecule has 2 aromatic heterocycles. The highest BCUT2D eigenvalue weighted by Gasteiger charge is 2.20. The van der Waals surface area contributed by atoms with E-state index in [0.29, 0.717) is 17.7 Å². The Hall–Kier alpha value is -3.93. The number of aryl methyl sites for hydroxylation is 1. The van der Waals surface area contributed by atoms with Crippen molar-refractivity contribution in [2.24, 2.45) is 0 Å². The van der Waals surface area contributed by atoms with Gasteiger partial charge in [0.05, 0.1) is 18.7 Å². The first-order chi connectivity index (χ1) is 15.0. The molecule has 2 aromatic carbocycles. The Morgan fingerprint density at radius 1 is 1.10 bits per heavy atom. The van der Waals surface area contributed by atoms with Crippen molar-refractivity contribution in [3.63, 3.8) is 0 Å². The fourth-order valence-electron chi connectivity index (χ4n) is 3.50. The third-order valence-corrected chi connectivity index (χ3v) is 5.00. The van der Waals surface area contributed by atoms with Crippen LogP contribution in [0.5, 0.6) is 5.75 Å². The molecule has 0 bridgehead atoms. The Bertz CT molecular complexity index is 1280. The molecule has 6 heteroatoms. The van der Waals surface area contributed by atoms with Gasteiger partial charge in [-0.3, -0.25) is 14.6 Å². The second-order valence-electron chi connectivity index (χ2n) is 7.28. The van der Waals surface area contributed by atoms with Crippen LogP contribution in [-0.4, -0.2) is 22.5 Å². The minimum Gasteiger partial charge on any atom is -0.494 e. The number of carbonyl (C=O) groups is 1. The number of pyridine rings is 2. The summed E-state index contributed by atoms with van der Waals surface area (Å²) in [6, 6.07) is 18.4. The zero-order valence-electron chi connectivity index (χ0n) is 17.5. The maximum absolute atomic E-state index is 13.3. The third-order valence-electron chi connectivity index (χ3n) is 5.00. The van der Waals surface area contributed by atoms with Crippen molar-refractivity contribution in [2.45, 2.75) is 20.4 Å². The number of ether oxygens (including phenoxy) is 1. The van der Waals surface area contributed by atoms with Gasteiger partial charge in [0.1, 0.15) is 5.75 Å². The number of fused-ring (bicyclic) bond motifs is 1. The normalized spacial score (nSPS) is 10.8. The van der Waals surface area contributed by atoms with Crippen LogP contribution in [0.3, 0.4) is 0 Å². The molecule has 0 aliphatic carbocycles. The van der Waals surface area contributed by atoms with E-state index in [0.717, 1.165) is 27.9 Å². The Kier molecular flexibility index (Phi) is 5.80. The number of hydrogen-bond donors (Lipinski definition) is 1. The second-order valence-corrected chi connectivity index (χ2v) is 7.28. The summed E-state index contributed by atoms with van der Waals surface area (Å²) in [6.45, 7) is 4.57. The lowest BCUT2D eigenvalue weighted by Gasteiger charge is -2.23. The fraction of sp³-hybridized carbons (Fsp3) is 0.160. The number of anilines is 1. The van der Waals surface area contributed by atoms with Gasteiger partial charge in [-0.2, -0.15) is 0 Å². The molecule has 0 atom stereocenters. The Morgan fingerprint density at radius 3 is 2.71 bits per heavy atom. The fourth-order valence-corrected chi connectivity index (χ4v) is 3.50. The number of benzene rings is 2. The number of nitrogens with one attached hydrogen (secondary N) is 1. The van der Waals surface area contributed by atoms with E-state index in [9.17, 15) is 9.59 Å². The largest absolute Gasteiger partial charge is 0.494 e. The monoisotopic (exact) mass is 413 g/mol. The molecular weight excluding hydrogens is 390 g/mol. The molecule has 1 N–H and O–H groups in total. The molecule has 6 nitrogen and oxygen atoms in total. The Balaban J connectivity index is 1.77. The quantitative estimate of drug-likeness (QED) is 0.506. The van der Waals surface area contributed by atoms with Gasteiger partial charge in [-0.1, -0.05) is 12.1 Å². The number of aromatic nitrogens is 2. The average Bonchev–Trinajstić information content (AvgIpc) is 2.78. The lowest BCUT2D eigenvalue weighted by atomic mass is 10.1. The van der Waals surface area contributed by atoms with Crippen LogP contribution in [0.4, 0.5) is 5.69 Å². The lowest BCUT2D eigenvalue weighted by Crippen LogP contribution is -2.33. The number of nitrogens with zero attached hydrogens (tertiary/aromatic N) is 2. The van der Waals surface area contributed by atoms with E-state index in [-0.39, 0.29) is 18.0 Å². The molecule has 0 saturated heterocycles. The molecule has 0 aliphatic rings. The van der Waals surface area contributed by atoms with Crippen molar-refractivity contribution < 1.29 is 9.53 Å². The number of carbonyl (C=O) groups excluding carboxylic acids is 1. The van der Waals surface area contributed by atoms with Crippen molar-refractivity contribution >= 4 is 22.5 Å². The van der Waals surface area contributed by atoms with Crippen LogP contribution in [0.1, 0.15) is 28.4 Å². The van der Waals surface area contributed by atoms with Crippen molar-refractivity contribution in [1.29, 1.82) is 0 Å². The first-order valence-corrected chi connectivity index (χ1v) is 10.1. The predicted molar refractivity (Wildman–Crippen MR) is 122 cm³/mol. The summed E-state index contributed by atoms with van der Waals surface area (Å²) in [5.41, 5.74) is 3.18. The maximum atomic E-state index is 13.3.